The molecular weight excluding hydrogens is 280 g/mol. The predicted octanol–water partition coefficient (Wildman–Crippen LogP) is 3.56. The topological polar surface area (TPSA) is 52.6 Å². The summed E-state index contributed by atoms with van der Waals surface area (Å²) in [5.41, 5.74) is 2.47. The van der Waals surface area contributed by atoms with Crippen molar-refractivity contribution >= 4 is 11.8 Å². The van der Waals surface area contributed by atoms with Gasteiger partial charge in [0.25, 0.3) is 0 Å². The second-order valence-corrected chi connectivity index (χ2v) is 4.99. The lowest BCUT2D eigenvalue weighted by atomic mass is 10.0. The maximum Gasteiger partial charge on any atom is 0.338 e. The number of Topliss-reactive ketones (excluding diaryl/α,β-unsaturated/α-hetero) is 1. The van der Waals surface area contributed by atoms with Crippen molar-refractivity contribution in [1.29, 1.82) is 0 Å². The predicted molar refractivity (Wildman–Crippen MR) is 83.3 cm³/mol. The molecule has 0 saturated heterocycles. The van der Waals surface area contributed by atoms with Crippen LogP contribution in [0.4, 0.5) is 0 Å². The summed E-state index contributed by atoms with van der Waals surface area (Å²) in [5, 5.41) is 0. The van der Waals surface area contributed by atoms with E-state index in [4.69, 9.17) is 9.47 Å². The van der Waals surface area contributed by atoms with E-state index in [9.17, 15) is 9.59 Å². The third-order valence-corrected chi connectivity index (χ3v) is 3.35. The Kier molecular flexibility index (Phi) is 4.94. The van der Waals surface area contributed by atoms with E-state index in [0.717, 1.165) is 5.56 Å². The number of aryl methyl sites for hydroxylation is 1. The number of benzene rings is 2. The zero-order valence-electron chi connectivity index (χ0n) is 12.9. The standard InChI is InChI=1S/C18H18O4/c1-12-9-17(22-11-14-7-5-4-6-8-14)16(13(2)19)10-15(12)18(20)21-3/h4-10H,11H2,1-3H3. The van der Waals surface area contributed by atoms with Gasteiger partial charge in [0.1, 0.15) is 12.4 Å². The summed E-state index contributed by atoms with van der Waals surface area (Å²) in [7, 11) is 1.31. The van der Waals surface area contributed by atoms with Crippen LogP contribution in [0.25, 0.3) is 0 Å². The molecule has 0 amide bonds. The fourth-order valence-electron chi connectivity index (χ4n) is 2.14. The Hall–Kier alpha value is -2.62. The first kappa shape index (κ1) is 15.8. The average molecular weight is 298 g/mol. The number of rotatable bonds is 5. The highest BCUT2D eigenvalue weighted by atomic mass is 16.5. The van der Waals surface area contributed by atoms with E-state index < -0.39 is 5.97 Å². The molecule has 0 aliphatic heterocycles. The van der Waals surface area contributed by atoms with Gasteiger partial charge in [0, 0.05) is 0 Å². The van der Waals surface area contributed by atoms with Crippen LogP contribution in [-0.2, 0) is 11.3 Å². The largest absolute Gasteiger partial charge is 0.488 e. The summed E-state index contributed by atoms with van der Waals surface area (Å²) in [5.74, 6) is -0.149. The van der Waals surface area contributed by atoms with Crippen molar-refractivity contribution in [3.05, 3.63) is 64.7 Å². The molecule has 2 aromatic carbocycles. The molecule has 22 heavy (non-hydrogen) atoms. The zero-order chi connectivity index (χ0) is 16.1. The SMILES string of the molecule is COC(=O)c1cc(C(C)=O)c(OCc2ccccc2)cc1C. The Bertz CT molecular complexity index is 690. The van der Waals surface area contributed by atoms with E-state index >= 15 is 0 Å². The molecule has 0 spiro atoms. The number of ketones is 1. The lowest BCUT2D eigenvalue weighted by Crippen LogP contribution is -2.08. The quantitative estimate of drug-likeness (QED) is 0.625. The van der Waals surface area contributed by atoms with Gasteiger partial charge in [-0.05, 0) is 37.1 Å². The highest BCUT2D eigenvalue weighted by Gasteiger charge is 2.17. The Morgan fingerprint density at radius 2 is 1.73 bits per heavy atom. The van der Waals surface area contributed by atoms with E-state index in [1.54, 1.807) is 13.0 Å². The smallest absolute Gasteiger partial charge is 0.338 e. The third-order valence-electron chi connectivity index (χ3n) is 3.35. The highest BCUT2D eigenvalue weighted by molar-refractivity contribution is 6.00. The second-order valence-electron chi connectivity index (χ2n) is 4.99. The molecule has 0 fully saturated rings. The van der Waals surface area contributed by atoms with Crippen LogP contribution in [-0.4, -0.2) is 18.9 Å². The molecule has 0 aliphatic carbocycles. The summed E-state index contributed by atoms with van der Waals surface area (Å²) in [6.07, 6.45) is 0. The molecule has 114 valence electrons. The van der Waals surface area contributed by atoms with Gasteiger partial charge in [-0.25, -0.2) is 4.79 Å². The van der Waals surface area contributed by atoms with Gasteiger partial charge >= 0.3 is 5.97 Å². The van der Waals surface area contributed by atoms with Crippen molar-refractivity contribution in [3.8, 4) is 5.75 Å². The van der Waals surface area contributed by atoms with E-state index in [-0.39, 0.29) is 5.78 Å². The van der Waals surface area contributed by atoms with Crippen LogP contribution in [0.15, 0.2) is 42.5 Å². The highest BCUT2D eigenvalue weighted by Crippen LogP contribution is 2.25. The zero-order valence-corrected chi connectivity index (χ0v) is 12.9. The maximum atomic E-state index is 11.8. The molecule has 0 aliphatic rings. The Balaban J connectivity index is 2.32. The minimum Gasteiger partial charge on any atom is -0.488 e. The minimum atomic E-state index is -0.463. The van der Waals surface area contributed by atoms with Crippen LogP contribution < -0.4 is 4.74 Å². The van der Waals surface area contributed by atoms with Crippen molar-refractivity contribution < 1.29 is 19.1 Å². The minimum absolute atomic E-state index is 0.159. The van der Waals surface area contributed by atoms with E-state index in [0.29, 0.717) is 29.0 Å². The van der Waals surface area contributed by atoms with Crippen molar-refractivity contribution in [2.75, 3.05) is 7.11 Å². The Labute approximate surface area is 129 Å². The first-order valence-corrected chi connectivity index (χ1v) is 6.93. The summed E-state index contributed by atoms with van der Waals surface area (Å²) >= 11 is 0. The Morgan fingerprint density at radius 3 is 2.32 bits per heavy atom. The lowest BCUT2D eigenvalue weighted by Gasteiger charge is -2.13. The molecule has 0 aromatic heterocycles. The molecule has 0 unspecified atom stereocenters. The first-order valence-electron chi connectivity index (χ1n) is 6.93. The number of carbonyl (C=O) groups excluding carboxylic acids is 2. The van der Waals surface area contributed by atoms with Gasteiger partial charge in [-0.15, -0.1) is 0 Å². The number of methoxy groups -OCH3 is 1. The van der Waals surface area contributed by atoms with Crippen LogP contribution in [0, 0.1) is 6.92 Å². The third kappa shape index (κ3) is 3.52. The van der Waals surface area contributed by atoms with Gasteiger partial charge in [0.2, 0.25) is 0 Å². The van der Waals surface area contributed by atoms with Crippen LogP contribution >= 0.6 is 0 Å². The van der Waals surface area contributed by atoms with Crippen LogP contribution in [0.3, 0.4) is 0 Å². The lowest BCUT2D eigenvalue weighted by molar-refractivity contribution is 0.0600. The monoisotopic (exact) mass is 298 g/mol. The summed E-state index contributed by atoms with van der Waals surface area (Å²) in [6, 6.07) is 12.9. The fourth-order valence-corrected chi connectivity index (χ4v) is 2.14. The molecule has 0 radical (unpaired) electrons. The normalized spacial score (nSPS) is 10.1. The van der Waals surface area contributed by atoms with Crippen LogP contribution in [0.2, 0.25) is 0 Å². The van der Waals surface area contributed by atoms with Gasteiger partial charge in [-0.1, -0.05) is 30.3 Å². The van der Waals surface area contributed by atoms with Crippen molar-refractivity contribution in [2.24, 2.45) is 0 Å². The molecule has 0 saturated carbocycles. The number of carbonyl (C=O) groups is 2. The van der Waals surface area contributed by atoms with Gasteiger partial charge in [0.05, 0.1) is 18.2 Å². The molecule has 4 heteroatoms. The summed E-state index contributed by atoms with van der Waals surface area (Å²) in [4.78, 5) is 23.5. The number of hydrogen-bond acceptors (Lipinski definition) is 4. The molecule has 2 rings (SSSR count). The van der Waals surface area contributed by atoms with Gasteiger partial charge < -0.3 is 9.47 Å². The fraction of sp³-hybridized carbons (Fsp3) is 0.222. The van der Waals surface area contributed by atoms with E-state index in [1.165, 1.54) is 20.1 Å². The maximum absolute atomic E-state index is 11.8. The second kappa shape index (κ2) is 6.89. The van der Waals surface area contributed by atoms with E-state index in [1.807, 2.05) is 30.3 Å². The molecular formula is C18H18O4. The van der Waals surface area contributed by atoms with Crippen molar-refractivity contribution in [2.45, 2.75) is 20.5 Å². The molecule has 0 atom stereocenters. The van der Waals surface area contributed by atoms with Crippen LogP contribution in [0.5, 0.6) is 5.75 Å². The molecule has 0 bridgehead atoms. The Morgan fingerprint density at radius 1 is 1.05 bits per heavy atom. The van der Waals surface area contributed by atoms with Crippen LogP contribution in [0.1, 0.15) is 38.8 Å². The molecule has 0 heterocycles. The first-order chi connectivity index (χ1) is 10.5. The van der Waals surface area contributed by atoms with Crippen molar-refractivity contribution in [1.82, 2.24) is 0 Å². The van der Waals surface area contributed by atoms with Gasteiger partial charge in [-0.3, -0.25) is 4.79 Å². The molecule has 4 nitrogen and oxygen atoms in total. The van der Waals surface area contributed by atoms with Crippen molar-refractivity contribution in [3.63, 3.8) is 0 Å². The molecule has 2 aromatic rings. The average Bonchev–Trinajstić information content (AvgIpc) is 2.52. The van der Waals surface area contributed by atoms with E-state index in [2.05, 4.69) is 0 Å². The van der Waals surface area contributed by atoms with Gasteiger partial charge in [-0.2, -0.15) is 0 Å². The number of esters is 1. The number of hydrogen-bond donors (Lipinski definition) is 0. The van der Waals surface area contributed by atoms with Gasteiger partial charge in [0.15, 0.2) is 5.78 Å². The molecule has 0 N–H and O–H groups in total. The summed E-state index contributed by atoms with van der Waals surface area (Å²) < 4.78 is 10.5. The number of ether oxygens (including phenoxy) is 2. The summed E-state index contributed by atoms with van der Waals surface area (Å²) in [6.45, 7) is 3.59.